The first-order chi connectivity index (χ1) is 12.5. The molecule has 3 rings (SSSR count). The molecular formula is C16H21N5O4S. The maximum absolute atomic E-state index is 12.5. The summed E-state index contributed by atoms with van der Waals surface area (Å²) in [6.07, 6.45) is 0. The SMILES string of the molecule is COCc1nc(C(=O)N2CCN(CC(=O)Nc3cc(C)on3)CC2)cs1. The predicted molar refractivity (Wildman–Crippen MR) is 95.0 cm³/mol. The van der Waals surface area contributed by atoms with E-state index in [2.05, 4.69) is 15.5 Å². The molecule has 1 saturated heterocycles. The van der Waals surface area contributed by atoms with Gasteiger partial charge in [0, 0.05) is 44.7 Å². The Morgan fingerprint density at radius 3 is 2.77 bits per heavy atom. The highest BCUT2D eigenvalue weighted by molar-refractivity contribution is 7.09. The van der Waals surface area contributed by atoms with Crippen LogP contribution in [0.5, 0.6) is 0 Å². The number of hydrogen-bond acceptors (Lipinski definition) is 8. The van der Waals surface area contributed by atoms with Crippen LogP contribution in [0.4, 0.5) is 5.82 Å². The highest BCUT2D eigenvalue weighted by Gasteiger charge is 2.25. The summed E-state index contributed by atoms with van der Waals surface area (Å²) < 4.78 is 9.95. The molecule has 2 aromatic rings. The maximum Gasteiger partial charge on any atom is 0.273 e. The molecule has 26 heavy (non-hydrogen) atoms. The van der Waals surface area contributed by atoms with Gasteiger partial charge in [0.1, 0.15) is 16.5 Å². The molecule has 1 aliphatic heterocycles. The Balaban J connectivity index is 1.45. The summed E-state index contributed by atoms with van der Waals surface area (Å²) in [6, 6.07) is 1.67. The lowest BCUT2D eigenvalue weighted by Gasteiger charge is -2.33. The molecule has 10 heteroatoms. The second-order valence-corrected chi connectivity index (χ2v) is 6.94. The van der Waals surface area contributed by atoms with Crippen LogP contribution in [-0.2, 0) is 16.1 Å². The van der Waals surface area contributed by atoms with E-state index >= 15 is 0 Å². The van der Waals surface area contributed by atoms with Crippen molar-refractivity contribution in [3.05, 3.63) is 27.9 Å². The van der Waals surface area contributed by atoms with Gasteiger partial charge in [0.15, 0.2) is 5.82 Å². The van der Waals surface area contributed by atoms with Crippen molar-refractivity contribution in [2.75, 3.05) is 45.2 Å². The van der Waals surface area contributed by atoms with Gasteiger partial charge in [-0.25, -0.2) is 4.98 Å². The number of nitrogens with zero attached hydrogens (tertiary/aromatic N) is 4. The zero-order valence-corrected chi connectivity index (χ0v) is 15.5. The quantitative estimate of drug-likeness (QED) is 0.798. The number of methoxy groups -OCH3 is 1. The third-order valence-corrected chi connectivity index (χ3v) is 4.78. The van der Waals surface area contributed by atoms with Gasteiger partial charge in [-0.3, -0.25) is 14.5 Å². The minimum Gasteiger partial charge on any atom is -0.378 e. The molecule has 2 amide bonds. The van der Waals surface area contributed by atoms with Crippen molar-refractivity contribution in [2.45, 2.75) is 13.5 Å². The number of anilines is 1. The molecule has 0 atom stereocenters. The van der Waals surface area contributed by atoms with Crippen molar-refractivity contribution in [1.29, 1.82) is 0 Å². The largest absolute Gasteiger partial charge is 0.378 e. The number of nitrogens with one attached hydrogen (secondary N) is 1. The molecule has 1 fully saturated rings. The van der Waals surface area contributed by atoms with Crippen LogP contribution in [0.15, 0.2) is 16.0 Å². The van der Waals surface area contributed by atoms with Crippen LogP contribution < -0.4 is 5.32 Å². The van der Waals surface area contributed by atoms with E-state index in [0.717, 1.165) is 5.01 Å². The molecule has 140 valence electrons. The van der Waals surface area contributed by atoms with E-state index in [0.29, 0.717) is 50.1 Å². The number of carbonyl (C=O) groups is 2. The highest BCUT2D eigenvalue weighted by atomic mass is 32.1. The molecule has 1 N–H and O–H groups in total. The molecule has 9 nitrogen and oxygen atoms in total. The van der Waals surface area contributed by atoms with Crippen LogP contribution in [0.3, 0.4) is 0 Å². The summed E-state index contributed by atoms with van der Waals surface area (Å²) in [4.78, 5) is 32.6. The third-order valence-electron chi connectivity index (χ3n) is 3.96. The van der Waals surface area contributed by atoms with Crippen molar-refractivity contribution in [1.82, 2.24) is 19.9 Å². The molecule has 0 aromatic carbocycles. The molecule has 2 aromatic heterocycles. The van der Waals surface area contributed by atoms with Gasteiger partial charge in [-0.15, -0.1) is 11.3 Å². The molecule has 0 spiro atoms. The molecule has 0 saturated carbocycles. The van der Waals surface area contributed by atoms with E-state index in [-0.39, 0.29) is 18.4 Å². The van der Waals surface area contributed by atoms with E-state index in [4.69, 9.17) is 9.26 Å². The van der Waals surface area contributed by atoms with E-state index in [1.807, 2.05) is 4.90 Å². The topological polar surface area (TPSA) is 101 Å². The van der Waals surface area contributed by atoms with Crippen LogP contribution in [0.2, 0.25) is 0 Å². The van der Waals surface area contributed by atoms with Gasteiger partial charge >= 0.3 is 0 Å². The van der Waals surface area contributed by atoms with E-state index < -0.39 is 0 Å². The third kappa shape index (κ3) is 4.65. The Morgan fingerprint density at radius 2 is 2.12 bits per heavy atom. The summed E-state index contributed by atoms with van der Waals surface area (Å²) in [7, 11) is 1.60. The fourth-order valence-electron chi connectivity index (χ4n) is 2.68. The van der Waals surface area contributed by atoms with Crippen LogP contribution in [-0.4, -0.2) is 71.6 Å². The number of piperazine rings is 1. The lowest BCUT2D eigenvalue weighted by Crippen LogP contribution is -2.50. The van der Waals surface area contributed by atoms with Crippen molar-refractivity contribution in [3.63, 3.8) is 0 Å². The van der Waals surface area contributed by atoms with Gasteiger partial charge in [-0.2, -0.15) is 0 Å². The van der Waals surface area contributed by atoms with E-state index in [9.17, 15) is 9.59 Å². The van der Waals surface area contributed by atoms with Crippen molar-refractivity contribution < 1.29 is 18.8 Å². The Bertz CT molecular complexity index is 766. The molecule has 0 unspecified atom stereocenters. The van der Waals surface area contributed by atoms with E-state index in [1.54, 1.807) is 30.4 Å². The minimum absolute atomic E-state index is 0.0780. The Morgan fingerprint density at radius 1 is 1.35 bits per heavy atom. The second kappa shape index (κ2) is 8.39. The zero-order chi connectivity index (χ0) is 18.5. The van der Waals surface area contributed by atoms with Crippen molar-refractivity contribution in [3.8, 4) is 0 Å². The van der Waals surface area contributed by atoms with Crippen molar-refractivity contribution in [2.24, 2.45) is 0 Å². The standard InChI is InChI=1S/C16H21N5O4S/c1-11-7-13(19-25-11)18-14(22)8-20-3-5-21(6-4-20)16(23)12-10-26-15(17-12)9-24-2/h7,10H,3-6,8-9H2,1-2H3,(H,18,19,22). The fourth-order valence-corrected chi connectivity index (χ4v) is 3.42. The average molecular weight is 379 g/mol. The Kier molecular flexibility index (Phi) is 5.96. The first-order valence-corrected chi connectivity index (χ1v) is 9.11. The molecule has 0 aliphatic carbocycles. The summed E-state index contributed by atoms with van der Waals surface area (Å²) in [5, 5.41) is 8.98. The molecule has 0 bridgehead atoms. The normalized spacial score (nSPS) is 15.2. The monoisotopic (exact) mass is 379 g/mol. The number of rotatable bonds is 6. The van der Waals surface area contributed by atoms with Crippen LogP contribution in [0, 0.1) is 6.92 Å². The van der Waals surface area contributed by atoms with Crippen LogP contribution in [0.1, 0.15) is 21.3 Å². The Hall–Kier alpha value is -2.30. The van der Waals surface area contributed by atoms with Gasteiger partial charge in [-0.05, 0) is 6.92 Å². The van der Waals surface area contributed by atoms with Gasteiger partial charge in [0.2, 0.25) is 5.91 Å². The molecule has 3 heterocycles. The maximum atomic E-state index is 12.5. The lowest BCUT2D eigenvalue weighted by molar-refractivity contribution is -0.117. The zero-order valence-electron chi connectivity index (χ0n) is 14.7. The number of carbonyl (C=O) groups excluding carboxylic acids is 2. The molecule has 0 radical (unpaired) electrons. The summed E-state index contributed by atoms with van der Waals surface area (Å²) >= 11 is 1.42. The fraction of sp³-hybridized carbons (Fsp3) is 0.500. The number of thiazole rings is 1. The number of amides is 2. The van der Waals surface area contributed by atoms with Gasteiger partial charge in [-0.1, -0.05) is 5.16 Å². The minimum atomic E-state index is -0.151. The van der Waals surface area contributed by atoms with Crippen LogP contribution in [0.25, 0.3) is 0 Å². The van der Waals surface area contributed by atoms with Gasteiger partial charge in [0.05, 0.1) is 13.2 Å². The van der Waals surface area contributed by atoms with Gasteiger partial charge in [0.25, 0.3) is 5.91 Å². The number of aryl methyl sites for hydroxylation is 1. The summed E-state index contributed by atoms with van der Waals surface area (Å²) in [6.45, 7) is 4.81. The molecule has 1 aliphatic rings. The van der Waals surface area contributed by atoms with E-state index in [1.165, 1.54) is 11.3 Å². The summed E-state index contributed by atoms with van der Waals surface area (Å²) in [5.41, 5.74) is 0.453. The van der Waals surface area contributed by atoms with Crippen LogP contribution >= 0.6 is 11.3 Å². The first kappa shape index (κ1) is 18.5. The summed E-state index contributed by atoms with van der Waals surface area (Å²) in [5.74, 6) is 0.826. The molecular weight excluding hydrogens is 358 g/mol. The predicted octanol–water partition coefficient (Wildman–Crippen LogP) is 0.982. The first-order valence-electron chi connectivity index (χ1n) is 8.23. The highest BCUT2D eigenvalue weighted by Crippen LogP contribution is 2.14. The number of ether oxygens (including phenoxy) is 1. The lowest BCUT2D eigenvalue weighted by atomic mass is 10.3. The second-order valence-electron chi connectivity index (χ2n) is 6.00. The van der Waals surface area contributed by atoms with Gasteiger partial charge < -0.3 is 19.5 Å². The number of aromatic nitrogens is 2. The smallest absolute Gasteiger partial charge is 0.273 e. The number of hydrogen-bond donors (Lipinski definition) is 1. The average Bonchev–Trinajstić information content (AvgIpc) is 3.24. The van der Waals surface area contributed by atoms with Crippen molar-refractivity contribution >= 4 is 29.0 Å². The Labute approximate surface area is 154 Å².